The smallest absolute Gasteiger partial charge is 0.225 e. The van der Waals surface area contributed by atoms with Gasteiger partial charge in [-0.1, -0.05) is 24.3 Å². The molecule has 2 heterocycles. The topological polar surface area (TPSA) is 56.8 Å². The Kier molecular flexibility index (Phi) is 5.15. The van der Waals surface area contributed by atoms with Gasteiger partial charge in [-0.05, 0) is 12.1 Å². The number of rotatable bonds is 5. The fourth-order valence-electron chi connectivity index (χ4n) is 3.75. The number of anilines is 1. The number of benzene rings is 2. The second-order valence-corrected chi connectivity index (χ2v) is 7.51. The minimum Gasteiger partial charge on any atom is -0.493 e. The first-order valence-corrected chi connectivity index (χ1v) is 9.92. The Morgan fingerprint density at radius 2 is 1.76 bits per heavy atom. The van der Waals surface area contributed by atoms with Crippen molar-refractivity contribution in [1.29, 1.82) is 0 Å². The van der Waals surface area contributed by atoms with Crippen LogP contribution in [0.4, 0.5) is 10.1 Å². The molecule has 0 fully saturated rings. The highest BCUT2D eigenvalue weighted by Crippen LogP contribution is 2.51. The van der Waals surface area contributed by atoms with E-state index in [2.05, 4.69) is 5.32 Å². The molecule has 0 saturated heterocycles. The quantitative estimate of drug-likeness (QED) is 0.636. The molecule has 1 atom stereocenters. The van der Waals surface area contributed by atoms with Gasteiger partial charge in [0.05, 0.1) is 27.0 Å². The molecule has 150 valence electrons. The van der Waals surface area contributed by atoms with Gasteiger partial charge in [-0.25, -0.2) is 4.39 Å². The zero-order chi connectivity index (χ0) is 20.5. The monoisotopic (exact) mass is 413 g/mol. The number of thiophene rings is 1. The SMILES string of the molecule is COc1ccc([C@H]2CC(=O)Nc3c(-c4ccccc4F)csc32)c(OC)c1OC. The molecule has 2 aromatic carbocycles. The highest BCUT2D eigenvalue weighted by atomic mass is 32.1. The summed E-state index contributed by atoms with van der Waals surface area (Å²) in [6, 6.07) is 10.2. The van der Waals surface area contributed by atoms with E-state index in [0.29, 0.717) is 34.1 Å². The van der Waals surface area contributed by atoms with Crippen molar-refractivity contribution in [3.05, 3.63) is 58.0 Å². The van der Waals surface area contributed by atoms with E-state index in [0.717, 1.165) is 10.4 Å². The van der Waals surface area contributed by atoms with Crippen LogP contribution in [0.1, 0.15) is 22.8 Å². The molecular weight excluding hydrogens is 393 g/mol. The normalized spacial score (nSPS) is 15.4. The summed E-state index contributed by atoms with van der Waals surface area (Å²) >= 11 is 1.49. The van der Waals surface area contributed by atoms with Gasteiger partial charge in [0.1, 0.15) is 5.82 Å². The second-order valence-electron chi connectivity index (χ2n) is 6.60. The van der Waals surface area contributed by atoms with Gasteiger partial charge in [-0.2, -0.15) is 0 Å². The molecule has 0 radical (unpaired) electrons. The number of methoxy groups -OCH3 is 3. The van der Waals surface area contributed by atoms with Crippen molar-refractivity contribution in [1.82, 2.24) is 0 Å². The van der Waals surface area contributed by atoms with Crippen LogP contribution in [0.2, 0.25) is 0 Å². The molecule has 0 unspecified atom stereocenters. The number of carbonyl (C=O) groups excluding carboxylic acids is 1. The van der Waals surface area contributed by atoms with Crippen LogP contribution in [-0.2, 0) is 4.79 Å². The van der Waals surface area contributed by atoms with Crippen LogP contribution in [0.25, 0.3) is 11.1 Å². The summed E-state index contributed by atoms with van der Waals surface area (Å²) in [4.78, 5) is 13.5. The van der Waals surface area contributed by atoms with E-state index in [1.807, 2.05) is 11.4 Å². The van der Waals surface area contributed by atoms with Crippen molar-refractivity contribution in [3.63, 3.8) is 0 Å². The van der Waals surface area contributed by atoms with E-state index >= 15 is 0 Å². The molecule has 0 bridgehead atoms. The molecule has 1 amide bonds. The first-order chi connectivity index (χ1) is 14.1. The molecule has 0 aliphatic carbocycles. The van der Waals surface area contributed by atoms with E-state index in [9.17, 15) is 9.18 Å². The molecule has 29 heavy (non-hydrogen) atoms. The lowest BCUT2D eigenvalue weighted by Gasteiger charge is -2.26. The zero-order valence-corrected chi connectivity index (χ0v) is 17.1. The van der Waals surface area contributed by atoms with Gasteiger partial charge >= 0.3 is 0 Å². The predicted octanol–water partition coefficient (Wildman–Crippen LogP) is 5.05. The van der Waals surface area contributed by atoms with Crippen molar-refractivity contribution in [2.45, 2.75) is 12.3 Å². The number of amides is 1. The minimum atomic E-state index is -0.326. The van der Waals surface area contributed by atoms with Crippen LogP contribution in [0.5, 0.6) is 17.2 Å². The molecular formula is C22H20FNO4S. The molecule has 5 nitrogen and oxygen atoms in total. The fourth-order valence-corrected chi connectivity index (χ4v) is 4.90. The maximum absolute atomic E-state index is 14.4. The lowest BCUT2D eigenvalue weighted by Crippen LogP contribution is -2.23. The van der Waals surface area contributed by atoms with E-state index in [1.54, 1.807) is 45.6 Å². The summed E-state index contributed by atoms with van der Waals surface area (Å²) in [5.41, 5.74) is 2.62. The molecule has 1 N–H and O–H groups in total. The molecule has 3 aromatic rings. The molecule has 1 aromatic heterocycles. The number of hydrogen-bond acceptors (Lipinski definition) is 5. The molecule has 0 saturated carbocycles. The first-order valence-electron chi connectivity index (χ1n) is 9.04. The van der Waals surface area contributed by atoms with Gasteiger partial charge in [0.2, 0.25) is 11.7 Å². The standard InChI is InChI=1S/C22H20FNO4S/c1-26-17-9-8-13(20(27-2)21(17)28-3)14-10-18(25)24-19-15(11-29-22(14)19)12-6-4-5-7-16(12)23/h4-9,11,14H,10H2,1-3H3,(H,24,25)/t14-/m1/s1. The Morgan fingerprint density at radius 1 is 1.00 bits per heavy atom. The average molecular weight is 413 g/mol. The lowest BCUT2D eigenvalue weighted by molar-refractivity contribution is -0.116. The summed E-state index contributed by atoms with van der Waals surface area (Å²) < 4.78 is 30.9. The Bertz CT molecular complexity index is 1080. The summed E-state index contributed by atoms with van der Waals surface area (Å²) in [5.74, 6) is 0.860. The maximum atomic E-state index is 14.4. The number of ether oxygens (including phenoxy) is 3. The van der Waals surface area contributed by atoms with Crippen LogP contribution < -0.4 is 19.5 Å². The van der Waals surface area contributed by atoms with Crippen LogP contribution >= 0.6 is 11.3 Å². The van der Waals surface area contributed by atoms with Gasteiger partial charge in [0, 0.05) is 39.3 Å². The van der Waals surface area contributed by atoms with E-state index in [4.69, 9.17) is 14.2 Å². The zero-order valence-electron chi connectivity index (χ0n) is 16.2. The van der Waals surface area contributed by atoms with E-state index in [-0.39, 0.29) is 24.1 Å². The van der Waals surface area contributed by atoms with Crippen molar-refractivity contribution < 1.29 is 23.4 Å². The van der Waals surface area contributed by atoms with Gasteiger partial charge in [0.25, 0.3) is 0 Å². The van der Waals surface area contributed by atoms with Gasteiger partial charge in [-0.3, -0.25) is 4.79 Å². The predicted molar refractivity (Wildman–Crippen MR) is 111 cm³/mol. The number of fused-ring (bicyclic) bond motifs is 1. The number of nitrogens with one attached hydrogen (secondary N) is 1. The van der Waals surface area contributed by atoms with Gasteiger partial charge in [-0.15, -0.1) is 11.3 Å². The van der Waals surface area contributed by atoms with Crippen molar-refractivity contribution >= 4 is 22.9 Å². The molecule has 1 aliphatic heterocycles. The molecule has 4 rings (SSSR count). The number of halogens is 1. The Hall–Kier alpha value is -3.06. The highest BCUT2D eigenvalue weighted by Gasteiger charge is 2.34. The highest BCUT2D eigenvalue weighted by molar-refractivity contribution is 7.11. The summed E-state index contributed by atoms with van der Waals surface area (Å²) in [5, 5.41) is 4.81. The van der Waals surface area contributed by atoms with Crippen LogP contribution in [0, 0.1) is 5.82 Å². The van der Waals surface area contributed by atoms with Gasteiger partial charge in [0.15, 0.2) is 11.5 Å². The Labute approximate surface area is 172 Å². The molecule has 0 spiro atoms. The van der Waals surface area contributed by atoms with Gasteiger partial charge < -0.3 is 19.5 Å². The minimum absolute atomic E-state index is 0.129. The third-order valence-corrected chi connectivity index (χ3v) is 6.16. The summed E-state index contributed by atoms with van der Waals surface area (Å²) in [6.07, 6.45) is 0.260. The van der Waals surface area contributed by atoms with Crippen molar-refractivity contribution in [2.24, 2.45) is 0 Å². The van der Waals surface area contributed by atoms with E-state index < -0.39 is 0 Å². The van der Waals surface area contributed by atoms with Crippen molar-refractivity contribution in [3.8, 4) is 28.4 Å². The average Bonchev–Trinajstić information content (AvgIpc) is 3.15. The van der Waals surface area contributed by atoms with E-state index in [1.165, 1.54) is 17.4 Å². The first kappa shape index (κ1) is 19.3. The van der Waals surface area contributed by atoms with Crippen LogP contribution in [0.15, 0.2) is 41.8 Å². The third kappa shape index (κ3) is 3.21. The number of carbonyl (C=O) groups is 1. The fraction of sp³-hybridized carbons (Fsp3) is 0.227. The molecule has 1 aliphatic rings. The second kappa shape index (κ2) is 7.75. The summed E-state index contributed by atoms with van der Waals surface area (Å²) in [7, 11) is 4.66. The van der Waals surface area contributed by atoms with Crippen LogP contribution in [0.3, 0.4) is 0 Å². The Balaban J connectivity index is 1.88. The number of hydrogen-bond donors (Lipinski definition) is 1. The Morgan fingerprint density at radius 3 is 2.45 bits per heavy atom. The molecule has 7 heteroatoms. The largest absolute Gasteiger partial charge is 0.493 e. The lowest BCUT2D eigenvalue weighted by atomic mass is 9.88. The van der Waals surface area contributed by atoms with Crippen molar-refractivity contribution in [2.75, 3.05) is 26.6 Å². The van der Waals surface area contributed by atoms with Crippen LogP contribution in [-0.4, -0.2) is 27.2 Å². The maximum Gasteiger partial charge on any atom is 0.225 e. The third-order valence-electron chi connectivity index (χ3n) is 5.06. The summed E-state index contributed by atoms with van der Waals surface area (Å²) in [6.45, 7) is 0.